The molecule has 0 saturated heterocycles. The Balaban J connectivity index is 0.770. The van der Waals surface area contributed by atoms with E-state index in [-0.39, 0.29) is 5.41 Å². The van der Waals surface area contributed by atoms with E-state index in [0.717, 1.165) is 56.9 Å². The molecule has 0 N–H and O–H groups in total. The van der Waals surface area contributed by atoms with Crippen molar-refractivity contribution in [2.75, 3.05) is 23.9 Å². The molecule has 8 aromatic rings. The Bertz CT molecular complexity index is 2870. The molecule has 0 amide bonds. The fourth-order valence-corrected chi connectivity index (χ4v) is 9.17. The summed E-state index contributed by atoms with van der Waals surface area (Å²) in [5.74, 6) is 3.51. The lowest BCUT2D eigenvalue weighted by molar-refractivity contribution is 0.475. The molecule has 0 saturated carbocycles. The summed E-state index contributed by atoms with van der Waals surface area (Å²) in [6.07, 6.45) is 8.88. The molecule has 294 valence electrons. The Morgan fingerprint density at radius 1 is 0.361 bits per heavy atom. The molecule has 0 aromatic heterocycles. The van der Waals surface area contributed by atoms with Gasteiger partial charge in [-0.1, -0.05) is 159 Å². The van der Waals surface area contributed by atoms with Gasteiger partial charge < -0.3 is 19.3 Å². The van der Waals surface area contributed by atoms with E-state index in [4.69, 9.17) is 9.47 Å². The molecule has 4 heteroatoms. The highest BCUT2D eigenvalue weighted by Gasteiger charge is 2.35. The Hall–Kier alpha value is -7.56. The van der Waals surface area contributed by atoms with Crippen LogP contribution >= 0.6 is 0 Å². The molecular weight excluding hydrogens is 745 g/mol. The lowest BCUT2D eigenvalue weighted by atomic mass is 9.81. The first-order valence-electron chi connectivity index (χ1n) is 20.9. The van der Waals surface area contributed by atoms with Crippen molar-refractivity contribution >= 4 is 47.1 Å². The van der Waals surface area contributed by atoms with Gasteiger partial charge in [0.15, 0.2) is 23.0 Å². The van der Waals surface area contributed by atoms with Gasteiger partial charge >= 0.3 is 0 Å². The van der Waals surface area contributed by atoms with Gasteiger partial charge in [-0.05, 0) is 115 Å². The molecule has 11 rings (SSSR count). The predicted molar refractivity (Wildman–Crippen MR) is 255 cm³/mol. The minimum atomic E-state index is -0.117. The van der Waals surface area contributed by atoms with Crippen molar-refractivity contribution in [2.24, 2.45) is 0 Å². The van der Waals surface area contributed by atoms with Gasteiger partial charge in [0.2, 0.25) is 0 Å². The highest BCUT2D eigenvalue weighted by molar-refractivity contribution is 5.86. The smallest absolute Gasteiger partial charge is 0.151 e. The van der Waals surface area contributed by atoms with E-state index >= 15 is 0 Å². The first-order chi connectivity index (χ1) is 29.8. The van der Waals surface area contributed by atoms with Crippen molar-refractivity contribution < 1.29 is 9.47 Å². The molecule has 0 bridgehead atoms. The second kappa shape index (κ2) is 14.3. The molecule has 2 heterocycles. The Morgan fingerprint density at radius 2 is 0.721 bits per heavy atom. The number of nitrogens with zero attached hydrogens (tertiary/aromatic N) is 2. The predicted octanol–water partition coefficient (Wildman–Crippen LogP) is 15.4. The summed E-state index contributed by atoms with van der Waals surface area (Å²) in [6, 6.07) is 60.6. The number of hydrogen-bond donors (Lipinski definition) is 0. The van der Waals surface area contributed by atoms with Gasteiger partial charge in [0.05, 0.1) is 22.7 Å². The van der Waals surface area contributed by atoms with E-state index in [1.54, 1.807) is 0 Å². The zero-order valence-corrected chi connectivity index (χ0v) is 34.7. The zero-order chi connectivity index (χ0) is 41.2. The van der Waals surface area contributed by atoms with Gasteiger partial charge in [0, 0.05) is 19.5 Å². The van der Waals surface area contributed by atoms with E-state index < -0.39 is 0 Å². The van der Waals surface area contributed by atoms with Crippen LogP contribution in [0.25, 0.3) is 57.7 Å². The topological polar surface area (TPSA) is 24.9 Å². The van der Waals surface area contributed by atoms with Crippen LogP contribution in [0.2, 0.25) is 0 Å². The third-order valence-electron chi connectivity index (χ3n) is 12.7. The van der Waals surface area contributed by atoms with Crippen LogP contribution < -0.4 is 19.3 Å². The minimum absolute atomic E-state index is 0.117. The average molecular weight is 789 g/mol. The van der Waals surface area contributed by atoms with Crippen LogP contribution in [0.4, 0.5) is 22.7 Å². The van der Waals surface area contributed by atoms with E-state index in [2.05, 4.69) is 196 Å². The fraction of sp³-hybridized carbons (Fsp3) is 0.0877. The first-order valence-corrected chi connectivity index (χ1v) is 20.9. The summed E-state index contributed by atoms with van der Waals surface area (Å²) in [5, 5.41) is 0. The monoisotopic (exact) mass is 788 g/mol. The Kier molecular flexibility index (Phi) is 8.57. The number of benzene rings is 8. The van der Waals surface area contributed by atoms with Crippen LogP contribution in [0.5, 0.6) is 23.0 Å². The number of rotatable bonds is 6. The van der Waals surface area contributed by atoms with Crippen LogP contribution in [0, 0.1) is 0 Å². The van der Waals surface area contributed by atoms with Crippen LogP contribution in [0.15, 0.2) is 170 Å². The third-order valence-corrected chi connectivity index (χ3v) is 12.7. The van der Waals surface area contributed by atoms with Crippen molar-refractivity contribution in [3.05, 3.63) is 203 Å². The van der Waals surface area contributed by atoms with E-state index in [9.17, 15) is 0 Å². The quantitative estimate of drug-likeness (QED) is 0.157. The molecule has 0 radical (unpaired) electrons. The van der Waals surface area contributed by atoms with Crippen LogP contribution in [-0.4, -0.2) is 14.1 Å². The molecule has 61 heavy (non-hydrogen) atoms. The number of hydrogen-bond acceptors (Lipinski definition) is 4. The lowest BCUT2D eigenvalue weighted by Gasteiger charge is -2.30. The van der Waals surface area contributed by atoms with Gasteiger partial charge in [-0.2, -0.15) is 0 Å². The number of anilines is 4. The zero-order valence-electron chi connectivity index (χ0n) is 34.7. The van der Waals surface area contributed by atoms with Crippen molar-refractivity contribution in [2.45, 2.75) is 19.3 Å². The SMILES string of the molecule is CN1c2ccccc2Oc2ccc(-c3ccc(C=Cc4ccc5c(c4)C(C)(C)c4cc(C=Cc6ccc(-c7ccc8c(c7)N(C)c7ccccc7O8)cc6)ccc4-5)cc3)cc21. The van der Waals surface area contributed by atoms with Gasteiger partial charge in [0.25, 0.3) is 0 Å². The summed E-state index contributed by atoms with van der Waals surface area (Å²) in [5.41, 5.74) is 18.9. The molecule has 2 aliphatic heterocycles. The van der Waals surface area contributed by atoms with Crippen molar-refractivity contribution in [3.63, 3.8) is 0 Å². The minimum Gasteiger partial charge on any atom is -0.453 e. The number of ether oxygens (including phenoxy) is 2. The Labute approximate surface area is 357 Å². The molecule has 0 unspecified atom stereocenters. The van der Waals surface area contributed by atoms with Crippen LogP contribution in [0.1, 0.15) is 47.2 Å². The lowest BCUT2D eigenvalue weighted by Crippen LogP contribution is -2.15. The average Bonchev–Trinajstić information content (AvgIpc) is 3.52. The molecule has 0 fully saturated rings. The van der Waals surface area contributed by atoms with E-state index in [0.29, 0.717) is 0 Å². The Morgan fingerprint density at radius 3 is 1.16 bits per heavy atom. The maximum atomic E-state index is 6.20. The molecular formula is C57H44N2O2. The maximum absolute atomic E-state index is 6.20. The van der Waals surface area contributed by atoms with Gasteiger partial charge in [-0.3, -0.25) is 0 Å². The summed E-state index contributed by atoms with van der Waals surface area (Å²) >= 11 is 0. The molecule has 3 aliphatic rings. The summed E-state index contributed by atoms with van der Waals surface area (Å²) in [7, 11) is 4.19. The molecule has 0 atom stereocenters. The first kappa shape index (κ1) is 36.5. The highest BCUT2D eigenvalue weighted by atomic mass is 16.5. The maximum Gasteiger partial charge on any atom is 0.151 e. The standard InChI is InChI=1S/C57H44N2O2/c1-57(2)47-33-39(15-13-37-17-23-41(24-18-37)43-27-31-55-51(35-43)58(3)49-9-5-7-11-53(49)60-55)21-29-45(47)46-30-22-40(34-48(46)57)16-14-38-19-25-42(26-20-38)44-28-32-56-52(36-44)59(4)50-10-6-8-12-54(50)61-56/h5-36H,1-4H3. The summed E-state index contributed by atoms with van der Waals surface area (Å²) in [6.45, 7) is 4.70. The molecule has 1 aliphatic carbocycles. The van der Waals surface area contributed by atoms with Crippen molar-refractivity contribution in [3.8, 4) is 56.4 Å². The van der Waals surface area contributed by atoms with Crippen molar-refractivity contribution in [1.82, 2.24) is 0 Å². The largest absolute Gasteiger partial charge is 0.453 e. The number of fused-ring (bicyclic) bond motifs is 7. The van der Waals surface area contributed by atoms with Crippen molar-refractivity contribution in [1.29, 1.82) is 0 Å². The molecule has 0 spiro atoms. The second-order valence-electron chi connectivity index (χ2n) is 16.8. The fourth-order valence-electron chi connectivity index (χ4n) is 9.17. The summed E-state index contributed by atoms with van der Waals surface area (Å²) in [4.78, 5) is 4.41. The molecule has 4 nitrogen and oxygen atoms in total. The van der Waals surface area contributed by atoms with Gasteiger partial charge in [-0.25, -0.2) is 0 Å². The van der Waals surface area contributed by atoms with E-state index in [1.165, 1.54) is 55.6 Å². The van der Waals surface area contributed by atoms with Crippen LogP contribution in [0.3, 0.4) is 0 Å². The highest BCUT2D eigenvalue weighted by Crippen LogP contribution is 2.51. The second-order valence-corrected chi connectivity index (χ2v) is 16.8. The van der Waals surface area contributed by atoms with E-state index in [1.807, 2.05) is 36.4 Å². The summed E-state index contributed by atoms with van der Waals surface area (Å²) < 4.78 is 12.4. The molecule has 8 aromatic carbocycles. The third kappa shape index (κ3) is 6.39. The van der Waals surface area contributed by atoms with Gasteiger partial charge in [-0.15, -0.1) is 0 Å². The number of para-hydroxylation sites is 4. The van der Waals surface area contributed by atoms with Gasteiger partial charge in [0.1, 0.15) is 0 Å². The van der Waals surface area contributed by atoms with Crippen LogP contribution in [-0.2, 0) is 5.41 Å². The normalized spacial score (nSPS) is 14.1.